The van der Waals surface area contributed by atoms with Crippen molar-refractivity contribution in [2.75, 3.05) is 19.6 Å². The van der Waals surface area contributed by atoms with Gasteiger partial charge < -0.3 is 15.2 Å². The molecule has 0 aliphatic carbocycles. The molecule has 28 heavy (non-hydrogen) atoms. The van der Waals surface area contributed by atoms with Gasteiger partial charge in [-0.1, -0.05) is 19.4 Å². The Balaban J connectivity index is 0.00000280. The Kier molecular flexibility index (Phi) is 10.3. The number of guanidine groups is 1. The second kappa shape index (κ2) is 12.4. The number of hydrogen-bond acceptors (Lipinski definition) is 4. The molecular formula is C20H33IN6S. The second-order valence-electron chi connectivity index (χ2n) is 7.16. The van der Waals surface area contributed by atoms with Crippen LogP contribution < -0.4 is 10.6 Å². The van der Waals surface area contributed by atoms with E-state index in [0.29, 0.717) is 5.92 Å². The number of nitrogens with zero attached hydrogens (tertiary/aromatic N) is 4. The normalized spacial score (nSPS) is 15.3. The van der Waals surface area contributed by atoms with E-state index in [0.717, 1.165) is 57.2 Å². The van der Waals surface area contributed by atoms with E-state index in [1.54, 1.807) is 11.3 Å². The summed E-state index contributed by atoms with van der Waals surface area (Å²) in [6, 6.07) is 4.29. The Labute approximate surface area is 189 Å². The molecule has 156 valence electrons. The van der Waals surface area contributed by atoms with Crippen LogP contribution in [0.15, 0.2) is 22.5 Å². The highest BCUT2D eigenvalue weighted by Gasteiger charge is 2.14. The van der Waals surface area contributed by atoms with Crippen LogP contribution in [0.2, 0.25) is 0 Å². The van der Waals surface area contributed by atoms with Crippen LogP contribution in [0.1, 0.15) is 62.0 Å². The number of thiophene rings is 1. The molecule has 0 saturated heterocycles. The van der Waals surface area contributed by atoms with Crippen LogP contribution in [0.25, 0.3) is 0 Å². The highest BCUT2D eigenvalue weighted by Crippen LogP contribution is 2.20. The van der Waals surface area contributed by atoms with Crippen molar-refractivity contribution < 1.29 is 0 Å². The minimum atomic E-state index is 0. The zero-order chi connectivity index (χ0) is 18.9. The number of aromatic nitrogens is 3. The molecule has 1 unspecified atom stereocenters. The fourth-order valence-corrected chi connectivity index (χ4v) is 4.19. The predicted octanol–water partition coefficient (Wildman–Crippen LogP) is 3.98. The van der Waals surface area contributed by atoms with Crippen LogP contribution in [-0.4, -0.2) is 40.4 Å². The van der Waals surface area contributed by atoms with Gasteiger partial charge in [-0.2, -0.15) is 0 Å². The van der Waals surface area contributed by atoms with Crippen molar-refractivity contribution in [3.63, 3.8) is 0 Å². The van der Waals surface area contributed by atoms with Gasteiger partial charge in [-0.25, -0.2) is 0 Å². The van der Waals surface area contributed by atoms with Gasteiger partial charge in [0.15, 0.2) is 5.96 Å². The minimum absolute atomic E-state index is 0. The van der Waals surface area contributed by atoms with E-state index in [9.17, 15) is 0 Å². The van der Waals surface area contributed by atoms with Gasteiger partial charge in [-0.3, -0.25) is 4.99 Å². The van der Waals surface area contributed by atoms with E-state index in [-0.39, 0.29) is 24.0 Å². The van der Waals surface area contributed by atoms with Crippen LogP contribution >= 0.6 is 35.3 Å². The Hall–Kier alpha value is -1.16. The molecule has 2 aromatic rings. The van der Waals surface area contributed by atoms with Crippen LogP contribution in [-0.2, 0) is 19.4 Å². The molecule has 3 rings (SSSR count). The molecule has 0 bridgehead atoms. The lowest BCUT2D eigenvalue weighted by Gasteiger charge is -2.13. The molecule has 0 fully saturated rings. The molecule has 1 aliphatic rings. The molecule has 6 nitrogen and oxygen atoms in total. The van der Waals surface area contributed by atoms with Crippen molar-refractivity contribution in [2.45, 2.75) is 64.8 Å². The summed E-state index contributed by atoms with van der Waals surface area (Å²) in [6.07, 6.45) is 6.86. The highest BCUT2D eigenvalue weighted by atomic mass is 127. The first-order valence-electron chi connectivity index (χ1n) is 10.2. The van der Waals surface area contributed by atoms with E-state index < -0.39 is 0 Å². The number of fused-ring (bicyclic) bond motifs is 1. The molecule has 0 aromatic carbocycles. The Morgan fingerprint density at radius 2 is 2.18 bits per heavy atom. The summed E-state index contributed by atoms with van der Waals surface area (Å²) in [7, 11) is 0. The maximum atomic E-state index is 4.75. The average molecular weight is 516 g/mol. The van der Waals surface area contributed by atoms with Crippen molar-refractivity contribution >= 4 is 41.3 Å². The van der Waals surface area contributed by atoms with Crippen molar-refractivity contribution in [1.82, 2.24) is 25.4 Å². The molecule has 0 saturated carbocycles. The third-order valence-corrected chi connectivity index (χ3v) is 6.06. The monoisotopic (exact) mass is 516 g/mol. The summed E-state index contributed by atoms with van der Waals surface area (Å²) in [5, 5.41) is 17.7. The summed E-state index contributed by atoms with van der Waals surface area (Å²) in [4.78, 5) is 6.15. The Morgan fingerprint density at radius 1 is 1.29 bits per heavy atom. The molecule has 8 heteroatoms. The predicted molar refractivity (Wildman–Crippen MR) is 128 cm³/mol. The van der Waals surface area contributed by atoms with Gasteiger partial charge in [0.05, 0.1) is 6.54 Å². The SMILES string of the molecule is CCNC(=NCC(C)c1cccs1)NCCCc1nnc2n1CCCCC2.I. The number of aliphatic imine (C=N–C) groups is 1. The molecule has 2 N–H and O–H groups in total. The molecule has 0 radical (unpaired) electrons. The van der Waals surface area contributed by atoms with E-state index in [1.165, 1.54) is 30.0 Å². The van der Waals surface area contributed by atoms with Gasteiger partial charge in [0.2, 0.25) is 0 Å². The average Bonchev–Trinajstić information content (AvgIpc) is 3.28. The first-order chi connectivity index (χ1) is 13.3. The van der Waals surface area contributed by atoms with Gasteiger partial charge in [0.25, 0.3) is 0 Å². The van der Waals surface area contributed by atoms with Crippen molar-refractivity contribution in [3.05, 3.63) is 34.0 Å². The summed E-state index contributed by atoms with van der Waals surface area (Å²) < 4.78 is 2.34. The summed E-state index contributed by atoms with van der Waals surface area (Å²) in [5.74, 6) is 3.67. The topological polar surface area (TPSA) is 67.1 Å². The molecule has 0 spiro atoms. The fraction of sp³-hybridized carbons (Fsp3) is 0.650. The maximum Gasteiger partial charge on any atom is 0.191 e. The molecular weight excluding hydrogens is 483 g/mol. The largest absolute Gasteiger partial charge is 0.357 e. The third kappa shape index (κ3) is 6.72. The summed E-state index contributed by atoms with van der Waals surface area (Å²) in [6.45, 7) is 7.98. The lowest BCUT2D eigenvalue weighted by Crippen LogP contribution is -2.38. The standard InChI is InChI=1S/C20H32N6S.HI/c1-3-21-20(23-15-16(2)17-9-8-14-27-17)22-12-7-11-19-25-24-18-10-5-4-6-13-26(18)19;/h8-9,14,16H,3-7,10-13,15H2,1-2H3,(H2,21,22,23);1H. The number of hydrogen-bond donors (Lipinski definition) is 2. The van der Waals surface area contributed by atoms with E-state index in [2.05, 4.69) is 56.8 Å². The maximum absolute atomic E-state index is 4.75. The minimum Gasteiger partial charge on any atom is -0.357 e. The zero-order valence-electron chi connectivity index (χ0n) is 17.0. The lowest BCUT2D eigenvalue weighted by atomic mass is 10.1. The van der Waals surface area contributed by atoms with Crippen LogP contribution in [0, 0.1) is 0 Å². The van der Waals surface area contributed by atoms with E-state index in [1.807, 2.05) is 0 Å². The molecule has 2 aromatic heterocycles. The highest BCUT2D eigenvalue weighted by molar-refractivity contribution is 14.0. The number of aryl methyl sites for hydroxylation is 2. The van der Waals surface area contributed by atoms with Crippen LogP contribution in [0.5, 0.6) is 0 Å². The van der Waals surface area contributed by atoms with E-state index in [4.69, 9.17) is 4.99 Å². The molecule has 3 heterocycles. The molecule has 1 aliphatic heterocycles. The van der Waals surface area contributed by atoms with Crippen molar-refractivity contribution in [2.24, 2.45) is 4.99 Å². The molecule has 1 atom stereocenters. The second-order valence-corrected chi connectivity index (χ2v) is 8.14. The van der Waals surface area contributed by atoms with E-state index >= 15 is 0 Å². The first kappa shape index (κ1) is 23.1. The smallest absolute Gasteiger partial charge is 0.191 e. The first-order valence-corrected chi connectivity index (χ1v) is 11.1. The van der Waals surface area contributed by atoms with Gasteiger partial charge >= 0.3 is 0 Å². The fourth-order valence-electron chi connectivity index (χ4n) is 3.42. The van der Waals surface area contributed by atoms with Crippen molar-refractivity contribution in [1.29, 1.82) is 0 Å². The lowest BCUT2D eigenvalue weighted by molar-refractivity contribution is 0.593. The molecule has 0 amide bonds. The van der Waals surface area contributed by atoms with Crippen LogP contribution in [0.3, 0.4) is 0 Å². The summed E-state index contributed by atoms with van der Waals surface area (Å²) >= 11 is 1.80. The van der Waals surface area contributed by atoms with Gasteiger partial charge in [0.1, 0.15) is 11.6 Å². The Morgan fingerprint density at radius 3 is 2.96 bits per heavy atom. The van der Waals surface area contributed by atoms with Gasteiger partial charge in [0, 0.05) is 43.3 Å². The summed E-state index contributed by atoms with van der Waals surface area (Å²) in [5.41, 5.74) is 0. The zero-order valence-corrected chi connectivity index (χ0v) is 20.1. The quantitative estimate of drug-likeness (QED) is 0.241. The third-order valence-electron chi connectivity index (χ3n) is 4.95. The number of rotatable bonds is 8. The number of halogens is 1. The van der Waals surface area contributed by atoms with Crippen molar-refractivity contribution in [3.8, 4) is 0 Å². The Bertz CT molecular complexity index is 712. The van der Waals surface area contributed by atoms with Gasteiger partial charge in [-0.15, -0.1) is 45.5 Å². The number of nitrogens with one attached hydrogen (secondary N) is 2. The van der Waals surface area contributed by atoms with Crippen LogP contribution in [0.4, 0.5) is 0 Å². The van der Waals surface area contributed by atoms with Gasteiger partial charge in [-0.05, 0) is 37.6 Å².